The maximum atomic E-state index is 11.1. The molecule has 4 nitrogen and oxygen atoms in total. The summed E-state index contributed by atoms with van der Waals surface area (Å²) in [6, 6.07) is 15.3. The zero-order valence-electron chi connectivity index (χ0n) is 14.5. The van der Waals surface area contributed by atoms with Crippen LogP contribution in [0.1, 0.15) is 40.3 Å². The van der Waals surface area contributed by atoms with Crippen molar-refractivity contribution in [2.75, 3.05) is 6.54 Å². The highest BCUT2D eigenvalue weighted by atomic mass is 16.5. The number of carbonyl (C=O) groups excluding carboxylic acids is 1. The van der Waals surface area contributed by atoms with Crippen molar-refractivity contribution in [1.29, 1.82) is 0 Å². The lowest BCUT2D eigenvalue weighted by Crippen LogP contribution is -2.21. The maximum Gasteiger partial charge on any atom is 0.267 e. The molecule has 2 aromatic carbocycles. The van der Waals surface area contributed by atoms with Crippen molar-refractivity contribution in [3.8, 4) is 0 Å². The summed E-state index contributed by atoms with van der Waals surface area (Å²) in [6.07, 6.45) is 6.22. The van der Waals surface area contributed by atoms with Crippen molar-refractivity contribution in [2.24, 2.45) is 0 Å². The maximum absolute atomic E-state index is 11.1. The minimum Gasteiger partial charge on any atom is -0.310 e. The molecule has 0 radical (unpaired) electrons. The Morgan fingerprint density at radius 3 is 2.96 bits per heavy atom. The Labute approximate surface area is 148 Å². The quantitative estimate of drug-likeness (QED) is 0.431. The fourth-order valence-corrected chi connectivity index (χ4v) is 3.42. The number of benzene rings is 2. The summed E-state index contributed by atoms with van der Waals surface area (Å²) < 4.78 is 0. The van der Waals surface area contributed by atoms with E-state index in [9.17, 15) is 4.79 Å². The molecule has 0 aromatic heterocycles. The summed E-state index contributed by atoms with van der Waals surface area (Å²) in [5.74, 6) is -0.517. The normalized spacial score (nSPS) is 16.2. The van der Waals surface area contributed by atoms with Crippen molar-refractivity contribution in [1.82, 2.24) is 10.8 Å². The Balaban J connectivity index is 1.58. The Morgan fingerprint density at radius 1 is 1.28 bits per heavy atom. The van der Waals surface area contributed by atoms with E-state index < -0.39 is 5.91 Å². The number of hydrogen-bond donors (Lipinski definition) is 3. The molecule has 2 aromatic rings. The zero-order chi connectivity index (χ0) is 17.6. The average Bonchev–Trinajstić information content (AvgIpc) is 3.02. The lowest BCUT2D eigenvalue weighted by molar-refractivity contribution is -0.124. The van der Waals surface area contributed by atoms with Crippen LogP contribution in [0.15, 0.2) is 48.5 Å². The molecule has 3 N–H and O–H groups in total. The number of amides is 1. The first-order valence-corrected chi connectivity index (χ1v) is 8.69. The third kappa shape index (κ3) is 4.56. The van der Waals surface area contributed by atoms with Crippen LogP contribution in [0.4, 0.5) is 0 Å². The van der Waals surface area contributed by atoms with Gasteiger partial charge in [0.2, 0.25) is 0 Å². The SMILES string of the molecule is Cc1cccc(CCNC2CCc3cc(C=CC(=O)NO)ccc32)c1. The molecule has 0 fully saturated rings. The van der Waals surface area contributed by atoms with Gasteiger partial charge in [0, 0.05) is 12.1 Å². The van der Waals surface area contributed by atoms with Gasteiger partial charge in [-0.1, -0.05) is 48.0 Å². The minimum absolute atomic E-state index is 0.401. The van der Waals surface area contributed by atoms with Gasteiger partial charge in [0.05, 0.1) is 0 Å². The Hall–Kier alpha value is -2.43. The number of nitrogens with one attached hydrogen (secondary N) is 2. The fourth-order valence-electron chi connectivity index (χ4n) is 3.42. The van der Waals surface area contributed by atoms with E-state index in [1.807, 2.05) is 6.07 Å². The number of hydroxylamine groups is 1. The molecular formula is C21H24N2O2. The van der Waals surface area contributed by atoms with E-state index in [0.29, 0.717) is 6.04 Å². The third-order valence-electron chi connectivity index (χ3n) is 4.67. The van der Waals surface area contributed by atoms with Crippen molar-refractivity contribution < 1.29 is 10.0 Å². The minimum atomic E-state index is -0.517. The van der Waals surface area contributed by atoms with Gasteiger partial charge in [-0.3, -0.25) is 10.0 Å². The van der Waals surface area contributed by atoms with E-state index in [1.54, 1.807) is 11.6 Å². The topological polar surface area (TPSA) is 61.4 Å². The molecule has 4 heteroatoms. The first kappa shape index (κ1) is 17.4. The lowest BCUT2D eigenvalue weighted by atomic mass is 10.0. The summed E-state index contributed by atoms with van der Waals surface area (Å²) in [5.41, 5.74) is 7.93. The van der Waals surface area contributed by atoms with Gasteiger partial charge in [0.1, 0.15) is 0 Å². The number of aryl methyl sites for hydroxylation is 2. The molecule has 3 rings (SSSR count). The van der Waals surface area contributed by atoms with Crippen LogP contribution >= 0.6 is 0 Å². The third-order valence-corrected chi connectivity index (χ3v) is 4.67. The van der Waals surface area contributed by atoms with Crippen molar-refractivity contribution in [2.45, 2.75) is 32.2 Å². The summed E-state index contributed by atoms with van der Waals surface area (Å²) >= 11 is 0. The van der Waals surface area contributed by atoms with Gasteiger partial charge in [0.15, 0.2) is 0 Å². The molecule has 0 saturated heterocycles. The molecule has 1 aliphatic rings. The lowest BCUT2D eigenvalue weighted by Gasteiger charge is -2.14. The Morgan fingerprint density at radius 2 is 2.16 bits per heavy atom. The van der Waals surface area contributed by atoms with Gasteiger partial charge >= 0.3 is 0 Å². The van der Waals surface area contributed by atoms with E-state index in [0.717, 1.165) is 31.4 Å². The number of rotatable bonds is 6. The van der Waals surface area contributed by atoms with Crippen LogP contribution in [-0.2, 0) is 17.6 Å². The number of hydrogen-bond acceptors (Lipinski definition) is 3. The molecule has 25 heavy (non-hydrogen) atoms. The summed E-state index contributed by atoms with van der Waals surface area (Å²) in [7, 11) is 0. The summed E-state index contributed by atoms with van der Waals surface area (Å²) in [5, 5.41) is 12.2. The first-order valence-electron chi connectivity index (χ1n) is 8.69. The van der Waals surface area contributed by atoms with E-state index >= 15 is 0 Å². The molecular weight excluding hydrogens is 312 g/mol. The van der Waals surface area contributed by atoms with Crippen molar-refractivity contribution in [3.63, 3.8) is 0 Å². The van der Waals surface area contributed by atoms with Gasteiger partial charge in [-0.15, -0.1) is 0 Å². The smallest absolute Gasteiger partial charge is 0.267 e. The second-order valence-electron chi connectivity index (χ2n) is 6.55. The summed E-state index contributed by atoms with van der Waals surface area (Å²) in [6.45, 7) is 3.09. The van der Waals surface area contributed by atoms with Crippen LogP contribution in [-0.4, -0.2) is 17.7 Å². The highest BCUT2D eigenvalue weighted by Gasteiger charge is 2.21. The van der Waals surface area contributed by atoms with Crippen LogP contribution < -0.4 is 10.8 Å². The second-order valence-corrected chi connectivity index (χ2v) is 6.55. The van der Waals surface area contributed by atoms with Crippen LogP contribution in [0.3, 0.4) is 0 Å². The van der Waals surface area contributed by atoms with Crippen molar-refractivity contribution >= 4 is 12.0 Å². The molecule has 1 atom stereocenters. The van der Waals surface area contributed by atoms with Gasteiger partial charge in [-0.05, 0) is 61.1 Å². The second kappa shape index (κ2) is 8.10. The van der Waals surface area contributed by atoms with E-state index in [1.165, 1.54) is 28.3 Å². The molecule has 0 bridgehead atoms. The van der Waals surface area contributed by atoms with Crippen molar-refractivity contribution in [3.05, 3.63) is 76.4 Å². The fraction of sp³-hybridized carbons (Fsp3) is 0.286. The molecule has 0 aliphatic heterocycles. The molecule has 0 saturated carbocycles. The van der Waals surface area contributed by atoms with Crippen LogP contribution in [0.5, 0.6) is 0 Å². The van der Waals surface area contributed by atoms with Gasteiger partial charge in [0.25, 0.3) is 5.91 Å². The zero-order valence-corrected chi connectivity index (χ0v) is 14.5. The number of fused-ring (bicyclic) bond motifs is 1. The van der Waals surface area contributed by atoms with Crippen LogP contribution in [0, 0.1) is 6.92 Å². The molecule has 0 spiro atoms. The predicted molar refractivity (Wildman–Crippen MR) is 99.4 cm³/mol. The average molecular weight is 336 g/mol. The Bertz CT molecular complexity index is 783. The van der Waals surface area contributed by atoms with E-state index in [2.05, 4.69) is 48.6 Å². The van der Waals surface area contributed by atoms with E-state index in [4.69, 9.17) is 5.21 Å². The Kier molecular flexibility index (Phi) is 5.64. The monoisotopic (exact) mass is 336 g/mol. The first-order chi connectivity index (χ1) is 12.2. The molecule has 0 heterocycles. The van der Waals surface area contributed by atoms with Crippen LogP contribution in [0.2, 0.25) is 0 Å². The number of carbonyl (C=O) groups is 1. The van der Waals surface area contributed by atoms with Crippen LogP contribution in [0.25, 0.3) is 6.08 Å². The van der Waals surface area contributed by atoms with E-state index in [-0.39, 0.29) is 0 Å². The highest BCUT2D eigenvalue weighted by Crippen LogP contribution is 2.32. The molecule has 1 amide bonds. The predicted octanol–water partition coefficient (Wildman–Crippen LogP) is 3.33. The molecule has 1 aliphatic carbocycles. The van der Waals surface area contributed by atoms with Gasteiger partial charge in [-0.25, -0.2) is 5.48 Å². The van der Waals surface area contributed by atoms with Gasteiger partial charge in [-0.2, -0.15) is 0 Å². The summed E-state index contributed by atoms with van der Waals surface area (Å²) in [4.78, 5) is 11.1. The standard InChI is InChI=1S/C21H24N2O2/c1-15-3-2-4-16(13-15)11-12-22-20-9-7-18-14-17(5-8-19(18)20)6-10-21(24)23-25/h2-6,8,10,13-14,20,22,25H,7,9,11-12H2,1H3,(H,23,24). The largest absolute Gasteiger partial charge is 0.310 e. The van der Waals surface area contributed by atoms with Gasteiger partial charge < -0.3 is 5.32 Å². The highest BCUT2D eigenvalue weighted by molar-refractivity contribution is 5.90. The molecule has 130 valence electrons. The molecule has 1 unspecified atom stereocenters.